The molecule has 0 saturated carbocycles. The van der Waals surface area contributed by atoms with Crippen molar-refractivity contribution in [2.75, 3.05) is 19.4 Å². The SMILES string of the molecule is CCC1(C)C#CC1COC(=O)C(Cc1ccc(N)cc1)NC(=O)C(C)NC(=O)C(C)NC(=O)C(C)NC. The molecule has 2 rings (SSSR count). The monoisotopic (exact) mass is 513 g/mol. The zero-order valence-electron chi connectivity index (χ0n) is 22.4. The number of ether oxygens (including phenoxy) is 1. The number of amides is 3. The van der Waals surface area contributed by atoms with Gasteiger partial charge in [-0.25, -0.2) is 4.79 Å². The van der Waals surface area contributed by atoms with Gasteiger partial charge in [-0.2, -0.15) is 0 Å². The molecule has 10 heteroatoms. The molecule has 3 amide bonds. The van der Waals surface area contributed by atoms with Crippen LogP contribution in [0.15, 0.2) is 24.3 Å². The molecule has 0 heterocycles. The molecule has 0 aliphatic heterocycles. The third-order valence-corrected chi connectivity index (χ3v) is 6.78. The Morgan fingerprint density at radius 3 is 2.00 bits per heavy atom. The minimum Gasteiger partial charge on any atom is -0.463 e. The second kappa shape index (κ2) is 13.1. The maximum Gasteiger partial charge on any atom is 0.329 e. The van der Waals surface area contributed by atoms with Crippen LogP contribution in [0.25, 0.3) is 0 Å². The number of benzene rings is 1. The molecule has 0 spiro atoms. The number of carbonyl (C=O) groups excluding carboxylic acids is 4. The van der Waals surface area contributed by atoms with E-state index in [0.29, 0.717) is 5.69 Å². The van der Waals surface area contributed by atoms with Crippen LogP contribution in [0.2, 0.25) is 0 Å². The molecule has 0 fully saturated rings. The maximum atomic E-state index is 13.0. The van der Waals surface area contributed by atoms with Crippen molar-refractivity contribution in [1.29, 1.82) is 0 Å². The summed E-state index contributed by atoms with van der Waals surface area (Å²) in [6.45, 7) is 8.89. The largest absolute Gasteiger partial charge is 0.463 e. The summed E-state index contributed by atoms with van der Waals surface area (Å²) >= 11 is 0. The summed E-state index contributed by atoms with van der Waals surface area (Å²) in [5.41, 5.74) is 6.93. The van der Waals surface area contributed by atoms with Gasteiger partial charge in [0.25, 0.3) is 0 Å². The van der Waals surface area contributed by atoms with Crippen LogP contribution in [0.5, 0.6) is 0 Å². The highest BCUT2D eigenvalue weighted by Gasteiger charge is 2.37. The topological polar surface area (TPSA) is 152 Å². The maximum absolute atomic E-state index is 13.0. The molecule has 202 valence electrons. The molecule has 1 aliphatic rings. The van der Waals surface area contributed by atoms with Crippen molar-refractivity contribution < 1.29 is 23.9 Å². The summed E-state index contributed by atoms with van der Waals surface area (Å²) in [6.07, 6.45) is 1.03. The van der Waals surface area contributed by atoms with Gasteiger partial charge < -0.3 is 31.7 Å². The van der Waals surface area contributed by atoms with Gasteiger partial charge in [0.15, 0.2) is 0 Å². The highest BCUT2D eigenvalue weighted by atomic mass is 16.5. The first-order valence-electron chi connectivity index (χ1n) is 12.5. The zero-order valence-corrected chi connectivity index (χ0v) is 22.4. The highest BCUT2D eigenvalue weighted by Crippen LogP contribution is 2.36. The molecule has 10 nitrogen and oxygen atoms in total. The molecule has 0 saturated heterocycles. The molecule has 37 heavy (non-hydrogen) atoms. The molecule has 0 bridgehead atoms. The minimum atomic E-state index is -0.981. The van der Waals surface area contributed by atoms with Gasteiger partial charge in [-0.15, -0.1) is 0 Å². The van der Waals surface area contributed by atoms with E-state index >= 15 is 0 Å². The van der Waals surface area contributed by atoms with Gasteiger partial charge in [-0.05, 0) is 58.9 Å². The van der Waals surface area contributed by atoms with Crippen molar-refractivity contribution in [3.05, 3.63) is 29.8 Å². The van der Waals surface area contributed by atoms with Crippen LogP contribution in [-0.2, 0) is 30.3 Å². The van der Waals surface area contributed by atoms with Crippen LogP contribution in [0.4, 0.5) is 5.69 Å². The Labute approximate surface area is 218 Å². The van der Waals surface area contributed by atoms with E-state index in [9.17, 15) is 19.2 Å². The third kappa shape index (κ3) is 8.22. The molecular formula is C27H39N5O5. The number of hydrogen-bond donors (Lipinski definition) is 5. The number of carbonyl (C=O) groups is 4. The standard InChI is InChI=1S/C27H39N5O5/c1-7-27(5)13-12-20(27)15-37-26(36)22(14-19-8-10-21(28)11-9-19)32-25(35)18(4)31-24(34)17(3)30-23(33)16(2)29-6/h8-11,16-18,20,22,29H,7,14-15,28H2,1-6H3,(H,30,33)(H,31,34)(H,32,35). The molecule has 1 aromatic carbocycles. The van der Waals surface area contributed by atoms with E-state index < -0.39 is 42.0 Å². The molecule has 1 aliphatic carbocycles. The molecular weight excluding hydrogens is 474 g/mol. The van der Waals surface area contributed by atoms with E-state index in [-0.39, 0.29) is 30.3 Å². The second-order valence-corrected chi connectivity index (χ2v) is 9.70. The van der Waals surface area contributed by atoms with E-state index in [1.165, 1.54) is 13.8 Å². The Morgan fingerprint density at radius 1 is 0.973 bits per heavy atom. The van der Waals surface area contributed by atoms with Crippen molar-refractivity contribution in [2.24, 2.45) is 11.3 Å². The predicted octanol–water partition coefficient (Wildman–Crippen LogP) is 0.506. The van der Waals surface area contributed by atoms with Gasteiger partial charge in [0.2, 0.25) is 17.7 Å². The van der Waals surface area contributed by atoms with Gasteiger partial charge >= 0.3 is 5.97 Å². The van der Waals surface area contributed by atoms with Crippen LogP contribution in [-0.4, -0.2) is 61.5 Å². The Bertz CT molecular complexity index is 1050. The van der Waals surface area contributed by atoms with Crippen molar-refractivity contribution in [1.82, 2.24) is 21.3 Å². The number of rotatable bonds is 13. The zero-order chi connectivity index (χ0) is 27.8. The van der Waals surface area contributed by atoms with Gasteiger partial charge in [-0.1, -0.05) is 30.9 Å². The number of likely N-dealkylation sites (N-methyl/N-ethyl adjacent to an activating group) is 1. The summed E-state index contributed by atoms with van der Waals surface area (Å²) in [5.74, 6) is 4.09. The lowest BCUT2D eigenvalue weighted by Gasteiger charge is -2.34. The summed E-state index contributed by atoms with van der Waals surface area (Å²) in [5, 5.41) is 10.6. The Balaban J connectivity index is 2.02. The molecule has 6 atom stereocenters. The van der Waals surface area contributed by atoms with E-state index in [1.807, 2.05) is 13.8 Å². The molecule has 0 aromatic heterocycles. The number of anilines is 1. The number of esters is 1. The molecule has 6 N–H and O–H groups in total. The Kier molecular flexibility index (Phi) is 10.5. The van der Waals surface area contributed by atoms with E-state index in [4.69, 9.17) is 10.5 Å². The summed E-state index contributed by atoms with van der Waals surface area (Å²) in [7, 11) is 1.63. The average Bonchev–Trinajstić information content (AvgIpc) is 2.87. The van der Waals surface area contributed by atoms with Crippen molar-refractivity contribution >= 4 is 29.4 Å². The molecule has 1 aromatic rings. The van der Waals surface area contributed by atoms with Crippen LogP contribution in [0, 0.1) is 23.2 Å². The van der Waals surface area contributed by atoms with Crippen LogP contribution < -0.4 is 27.0 Å². The van der Waals surface area contributed by atoms with Crippen LogP contribution >= 0.6 is 0 Å². The van der Waals surface area contributed by atoms with Crippen molar-refractivity contribution in [3.63, 3.8) is 0 Å². The Morgan fingerprint density at radius 2 is 1.51 bits per heavy atom. The van der Waals surface area contributed by atoms with E-state index in [1.54, 1.807) is 38.2 Å². The molecule has 6 unspecified atom stereocenters. The van der Waals surface area contributed by atoms with Gasteiger partial charge in [0, 0.05) is 17.5 Å². The van der Waals surface area contributed by atoms with E-state index in [2.05, 4.69) is 33.1 Å². The quantitative estimate of drug-likeness (QED) is 0.146. The fraction of sp³-hybridized carbons (Fsp3) is 0.556. The Hall–Kier alpha value is -3.58. The summed E-state index contributed by atoms with van der Waals surface area (Å²) in [4.78, 5) is 50.5. The van der Waals surface area contributed by atoms with Crippen molar-refractivity contribution in [2.45, 2.75) is 71.6 Å². The number of nitrogens with two attached hydrogens (primary N) is 1. The fourth-order valence-corrected chi connectivity index (χ4v) is 3.57. The van der Waals surface area contributed by atoms with Gasteiger partial charge in [0.05, 0.1) is 12.0 Å². The predicted molar refractivity (Wildman–Crippen MR) is 141 cm³/mol. The van der Waals surface area contributed by atoms with Crippen LogP contribution in [0.3, 0.4) is 0 Å². The van der Waals surface area contributed by atoms with Gasteiger partial charge in [-0.3, -0.25) is 14.4 Å². The second-order valence-electron chi connectivity index (χ2n) is 9.70. The summed E-state index contributed by atoms with van der Waals surface area (Å²) in [6, 6.07) is 3.70. The smallest absolute Gasteiger partial charge is 0.329 e. The lowest BCUT2D eigenvalue weighted by Crippen LogP contribution is -2.55. The number of hydrogen-bond acceptors (Lipinski definition) is 7. The first-order chi connectivity index (χ1) is 17.4. The minimum absolute atomic E-state index is 0.0603. The number of nitrogens with one attached hydrogen (secondary N) is 4. The average molecular weight is 514 g/mol. The fourth-order valence-electron chi connectivity index (χ4n) is 3.57. The molecule has 0 radical (unpaired) electrons. The normalized spacial score (nSPS) is 21.1. The number of nitrogen functional groups attached to an aromatic ring is 1. The highest BCUT2D eigenvalue weighted by molar-refractivity contribution is 5.93. The van der Waals surface area contributed by atoms with Crippen molar-refractivity contribution in [3.8, 4) is 11.8 Å². The van der Waals surface area contributed by atoms with Gasteiger partial charge in [0.1, 0.15) is 24.7 Å². The summed E-state index contributed by atoms with van der Waals surface area (Å²) < 4.78 is 5.56. The van der Waals surface area contributed by atoms with Crippen LogP contribution in [0.1, 0.15) is 46.6 Å². The lowest BCUT2D eigenvalue weighted by atomic mass is 9.70. The third-order valence-electron chi connectivity index (χ3n) is 6.78. The van der Waals surface area contributed by atoms with E-state index in [0.717, 1.165) is 12.0 Å². The first kappa shape index (κ1) is 29.6. The lowest BCUT2D eigenvalue weighted by molar-refractivity contribution is -0.149. The first-order valence-corrected chi connectivity index (χ1v) is 12.5.